The van der Waals surface area contributed by atoms with Crippen LogP contribution in [0.4, 0.5) is 0 Å². The molecule has 0 saturated heterocycles. The zero-order chi connectivity index (χ0) is 17.4. The van der Waals surface area contributed by atoms with Crippen LogP contribution >= 0.6 is 0 Å². The minimum atomic E-state index is -0.947. The van der Waals surface area contributed by atoms with Gasteiger partial charge >= 0.3 is 0 Å². The summed E-state index contributed by atoms with van der Waals surface area (Å²) in [6.07, 6.45) is -0.329. The number of hydrogen-bond acceptors (Lipinski definition) is 6. The molecule has 0 spiro atoms. The summed E-state index contributed by atoms with van der Waals surface area (Å²) in [6.45, 7) is 1.97. The van der Waals surface area contributed by atoms with Gasteiger partial charge in [0, 0.05) is 23.6 Å². The number of ether oxygens (including phenoxy) is 1. The maximum atomic E-state index is 10.8. The van der Waals surface area contributed by atoms with Crippen molar-refractivity contribution in [2.75, 3.05) is 0 Å². The van der Waals surface area contributed by atoms with Crippen LogP contribution in [-0.4, -0.2) is 31.6 Å². The number of phenolic OH excluding ortho intramolecular Hbond substituents is 4. The number of fused-ring (bicyclic) bond motifs is 1. The fourth-order valence-electron chi connectivity index (χ4n) is 3.26. The standard InChI is InChI=1S/C18H20O6/c1-2-3-11-16-14(22)7-10(19)8-15(16)24-18(17(11)23)9-4-5-12(20)13(21)6-9/h4-8,11,17-23H,2-3H2,1H3/t11-,17-,18+/m0/s1. The molecule has 24 heavy (non-hydrogen) atoms. The molecule has 0 bridgehead atoms. The molecule has 3 rings (SSSR count). The molecule has 2 aromatic carbocycles. The van der Waals surface area contributed by atoms with Gasteiger partial charge in [-0.25, -0.2) is 0 Å². The Bertz CT molecular complexity index is 757. The van der Waals surface area contributed by atoms with E-state index in [1.165, 1.54) is 24.3 Å². The number of phenols is 4. The third-order valence-electron chi connectivity index (χ3n) is 4.38. The van der Waals surface area contributed by atoms with E-state index in [0.717, 1.165) is 6.42 Å². The number of aromatic hydroxyl groups is 4. The van der Waals surface area contributed by atoms with E-state index in [-0.39, 0.29) is 28.9 Å². The Labute approximate surface area is 139 Å². The number of aliphatic hydroxyl groups excluding tert-OH is 1. The first-order chi connectivity index (χ1) is 11.4. The molecule has 128 valence electrons. The van der Waals surface area contributed by atoms with Crippen molar-refractivity contribution in [2.24, 2.45) is 0 Å². The van der Waals surface area contributed by atoms with Crippen molar-refractivity contribution >= 4 is 0 Å². The quantitative estimate of drug-likeness (QED) is 0.553. The van der Waals surface area contributed by atoms with Crippen molar-refractivity contribution in [1.82, 2.24) is 0 Å². The van der Waals surface area contributed by atoms with E-state index >= 15 is 0 Å². The molecule has 5 N–H and O–H groups in total. The smallest absolute Gasteiger partial charge is 0.157 e. The van der Waals surface area contributed by atoms with Crippen LogP contribution in [0.1, 0.15) is 42.9 Å². The lowest BCUT2D eigenvalue weighted by atomic mass is 9.81. The topological polar surface area (TPSA) is 110 Å². The zero-order valence-corrected chi connectivity index (χ0v) is 13.2. The van der Waals surface area contributed by atoms with Crippen LogP contribution in [0.5, 0.6) is 28.7 Å². The van der Waals surface area contributed by atoms with Gasteiger partial charge in [0.15, 0.2) is 17.6 Å². The average Bonchev–Trinajstić information content (AvgIpc) is 2.52. The van der Waals surface area contributed by atoms with Crippen LogP contribution in [0, 0.1) is 0 Å². The van der Waals surface area contributed by atoms with Gasteiger partial charge in [-0.3, -0.25) is 0 Å². The third-order valence-corrected chi connectivity index (χ3v) is 4.38. The first kappa shape index (κ1) is 16.3. The molecule has 1 aliphatic heterocycles. The molecule has 0 radical (unpaired) electrons. The molecule has 1 heterocycles. The Morgan fingerprint density at radius 2 is 1.71 bits per heavy atom. The minimum absolute atomic E-state index is 0.116. The van der Waals surface area contributed by atoms with Gasteiger partial charge < -0.3 is 30.3 Å². The summed E-state index contributed by atoms with van der Waals surface area (Å²) in [4.78, 5) is 0. The lowest BCUT2D eigenvalue weighted by Crippen LogP contribution is -2.34. The van der Waals surface area contributed by atoms with Crippen LogP contribution in [0.25, 0.3) is 0 Å². The Morgan fingerprint density at radius 1 is 0.958 bits per heavy atom. The van der Waals surface area contributed by atoms with Gasteiger partial charge in [-0.15, -0.1) is 0 Å². The summed E-state index contributed by atoms with van der Waals surface area (Å²) >= 11 is 0. The summed E-state index contributed by atoms with van der Waals surface area (Å²) in [6, 6.07) is 6.84. The molecular weight excluding hydrogens is 312 g/mol. The van der Waals surface area contributed by atoms with Crippen LogP contribution in [0.3, 0.4) is 0 Å². The van der Waals surface area contributed by atoms with Crippen molar-refractivity contribution in [2.45, 2.75) is 37.9 Å². The highest BCUT2D eigenvalue weighted by Crippen LogP contribution is 2.49. The molecule has 0 aromatic heterocycles. The highest BCUT2D eigenvalue weighted by Gasteiger charge is 2.39. The fraction of sp³-hybridized carbons (Fsp3) is 0.333. The number of aliphatic hydroxyl groups is 1. The van der Waals surface area contributed by atoms with E-state index in [4.69, 9.17) is 4.74 Å². The van der Waals surface area contributed by atoms with Gasteiger partial charge in [0.25, 0.3) is 0 Å². The summed E-state index contributed by atoms with van der Waals surface area (Å²) in [5.41, 5.74) is 0.966. The van der Waals surface area contributed by atoms with Crippen LogP contribution < -0.4 is 4.74 Å². The normalized spacial score (nSPS) is 22.7. The van der Waals surface area contributed by atoms with Crippen molar-refractivity contribution in [1.29, 1.82) is 0 Å². The van der Waals surface area contributed by atoms with Crippen LogP contribution in [0.2, 0.25) is 0 Å². The highest BCUT2D eigenvalue weighted by molar-refractivity contribution is 5.54. The number of rotatable bonds is 3. The van der Waals surface area contributed by atoms with E-state index in [1.807, 2.05) is 6.92 Å². The molecule has 0 fully saturated rings. The molecule has 0 aliphatic carbocycles. The van der Waals surface area contributed by atoms with Crippen molar-refractivity contribution in [3.8, 4) is 28.7 Å². The van der Waals surface area contributed by atoms with E-state index in [9.17, 15) is 25.5 Å². The summed E-state index contributed by atoms with van der Waals surface area (Å²) in [7, 11) is 0. The monoisotopic (exact) mass is 332 g/mol. The SMILES string of the molecule is CCC[C@H]1c2c(O)cc(O)cc2O[C@H](c2ccc(O)c(O)c2)[C@H]1O. The van der Waals surface area contributed by atoms with Crippen molar-refractivity contribution < 1.29 is 30.3 Å². The van der Waals surface area contributed by atoms with Crippen molar-refractivity contribution in [3.05, 3.63) is 41.5 Å². The number of hydrogen-bond donors (Lipinski definition) is 5. The second-order valence-corrected chi connectivity index (χ2v) is 6.05. The first-order valence-corrected chi connectivity index (χ1v) is 7.84. The first-order valence-electron chi connectivity index (χ1n) is 7.84. The van der Waals surface area contributed by atoms with Gasteiger partial charge in [-0.1, -0.05) is 19.4 Å². The van der Waals surface area contributed by atoms with Gasteiger partial charge in [-0.2, -0.15) is 0 Å². The van der Waals surface area contributed by atoms with E-state index in [1.54, 1.807) is 6.07 Å². The molecule has 0 unspecified atom stereocenters. The molecule has 2 aromatic rings. The molecule has 3 atom stereocenters. The molecule has 6 nitrogen and oxygen atoms in total. The molecular formula is C18H20O6. The largest absolute Gasteiger partial charge is 0.508 e. The Balaban J connectivity index is 2.08. The maximum absolute atomic E-state index is 10.8. The van der Waals surface area contributed by atoms with Gasteiger partial charge in [0.05, 0.1) is 0 Å². The minimum Gasteiger partial charge on any atom is -0.508 e. The number of benzene rings is 2. The zero-order valence-electron chi connectivity index (χ0n) is 13.2. The lowest BCUT2D eigenvalue weighted by molar-refractivity contribution is -0.00364. The van der Waals surface area contributed by atoms with E-state index < -0.39 is 12.2 Å². The second-order valence-electron chi connectivity index (χ2n) is 6.05. The van der Waals surface area contributed by atoms with Crippen LogP contribution in [0.15, 0.2) is 30.3 Å². The second kappa shape index (κ2) is 6.13. The van der Waals surface area contributed by atoms with Crippen molar-refractivity contribution in [3.63, 3.8) is 0 Å². The van der Waals surface area contributed by atoms with Gasteiger partial charge in [-0.05, 0) is 24.1 Å². The third kappa shape index (κ3) is 2.69. The van der Waals surface area contributed by atoms with E-state index in [0.29, 0.717) is 23.3 Å². The molecule has 6 heteroatoms. The molecule has 1 aliphatic rings. The molecule has 0 amide bonds. The van der Waals surface area contributed by atoms with E-state index in [2.05, 4.69) is 0 Å². The molecule has 0 saturated carbocycles. The fourth-order valence-corrected chi connectivity index (χ4v) is 3.26. The summed E-state index contributed by atoms with van der Waals surface area (Å²) in [5.74, 6) is -0.890. The average molecular weight is 332 g/mol. The van der Waals surface area contributed by atoms with Crippen LogP contribution in [-0.2, 0) is 0 Å². The predicted octanol–water partition coefficient (Wildman–Crippen LogP) is 2.89. The summed E-state index contributed by atoms with van der Waals surface area (Å²) in [5, 5.41) is 49.8. The van der Waals surface area contributed by atoms with Gasteiger partial charge in [0.1, 0.15) is 23.4 Å². The Morgan fingerprint density at radius 3 is 2.38 bits per heavy atom. The lowest BCUT2D eigenvalue weighted by Gasteiger charge is -2.37. The predicted molar refractivity (Wildman–Crippen MR) is 86.6 cm³/mol. The van der Waals surface area contributed by atoms with Gasteiger partial charge in [0.2, 0.25) is 0 Å². The summed E-state index contributed by atoms with van der Waals surface area (Å²) < 4.78 is 5.80. The Kier molecular flexibility index (Phi) is 4.15. The Hall–Kier alpha value is -2.60. The highest BCUT2D eigenvalue weighted by atomic mass is 16.5. The maximum Gasteiger partial charge on any atom is 0.157 e.